The molecule has 0 aromatic heterocycles. The van der Waals surface area contributed by atoms with Gasteiger partial charge in [-0.1, -0.05) is 51.4 Å². The molecule has 0 bridgehead atoms. The zero-order chi connectivity index (χ0) is 10.1. The molecule has 0 radical (unpaired) electrons. The summed E-state index contributed by atoms with van der Waals surface area (Å²) >= 11 is 0. The molecule has 0 saturated heterocycles. The van der Waals surface area contributed by atoms with Crippen molar-refractivity contribution in [1.82, 2.24) is 0 Å². The number of hydrogen-bond acceptors (Lipinski definition) is 0. The second kappa shape index (κ2) is 4.47. The summed E-state index contributed by atoms with van der Waals surface area (Å²) in [7, 11) is 0. The quantitative estimate of drug-likeness (QED) is 0.579. The van der Waals surface area contributed by atoms with Gasteiger partial charge in [-0.2, -0.15) is 0 Å². The van der Waals surface area contributed by atoms with Gasteiger partial charge in [0.1, 0.15) is 0 Å². The summed E-state index contributed by atoms with van der Waals surface area (Å²) < 4.78 is 0. The van der Waals surface area contributed by atoms with Gasteiger partial charge in [-0.3, -0.25) is 0 Å². The molecule has 3 fully saturated rings. The molecular formula is C15H26. The molecule has 0 spiro atoms. The largest absolute Gasteiger partial charge is 0.0533 e. The van der Waals surface area contributed by atoms with Crippen molar-refractivity contribution in [2.24, 2.45) is 23.7 Å². The Morgan fingerprint density at radius 3 is 1.73 bits per heavy atom. The third-order valence-electron chi connectivity index (χ3n) is 5.64. The summed E-state index contributed by atoms with van der Waals surface area (Å²) in [5.41, 5.74) is 0. The molecule has 3 aliphatic rings. The van der Waals surface area contributed by atoms with E-state index in [4.69, 9.17) is 0 Å². The zero-order valence-corrected chi connectivity index (χ0v) is 10.1. The van der Waals surface area contributed by atoms with Crippen molar-refractivity contribution >= 4 is 0 Å². The molecule has 0 aromatic rings. The lowest BCUT2D eigenvalue weighted by atomic mass is 9.70. The van der Waals surface area contributed by atoms with Gasteiger partial charge in [0.15, 0.2) is 0 Å². The van der Waals surface area contributed by atoms with Gasteiger partial charge < -0.3 is 0 Å². The lowest BCUT2D eigenvalue weighted by Crippen LogP contribution is -2.26. The summed E-state index contributed by atoms with van der Waals surface area (Å²) in [6.07, 6.45) is 17.2. The summed E-state index contributed by atoms with van der Waals surface area (Å²) in [6, 6.07) is 0. The standard InChI is InChI=1S/C15H26/c1-2-6-12(7-3-1)15-11-10-13-8-4-5-9-14(13)15/h12-15H,1-11H2. The van der Waals surface area contributed by atoms with Gasteiger partial charge in [-0.15, -0.1) is 0 Å². The smallest absolute Gasteiger partial charge is 0.0355 e. The van der Waals surface area contributed by atoms with Crippen LogP contribution in [0.15, 0.2) is 0 Å². The van der Waals surface area contributed by atoms with E-state index in [0.717, 1.165) is 17.8 Å². The zero-order valence-electron chi connectivity index (χ0n) is 10.1. The first-order valence-electron chi connectivity index (χ1n) is 7.45. The van der Waals surface area contributed by atoms with Crippen LogP contribution in [0.3, 0.4) is 0 Å². The molecule has 0 N–H and O–H groups in total. The van der Waals surface area contributed by atoms with E-state index in [2.05, 4.69) is 0 Å². The second-order valence-corrected chi connectivity index (χ2v) is 6.35. The van der Waals surface area contributed by atoms with Crippen LogP contribution < -0.4 is 0 Å². The van der Waals surface area contributed by atoms with Gasteiger partial charge in [-0.25, -0.2) is 0 Å². The fourth-order valence-electron chi connectivity index (χ4n) is 4.93. The van der Waals surface area contributed by atoms with Gasteiger partial charge in [0.05, 0.1) is 0 Å². The molecule has 0 aliphatic heterocycles. The van der Waals surface area contributed by atoms with Crippen molar-refractivity contribution in [3.63, 3.8) is 0 Å². The normalized spacial score (nSPS) is 42.8. The van der Waals surface area contributed by atoms with Crippen molar-refractivity contribution in [2.45, 2.75) is 70.6 Å². The highest BCUT2D eigenvalue weighted by Gasteiger charge is 2.40. The first kappa shape index (κ1) is 10.2. The molecule has 0 heteroatoms. The first-order chi connectivity index (χ1) is 7.45. The minimum atomic E-state index is 1.15. The molecule has 0 aromatic carbocycles. The fraction of sp³-hybridized carbons (Fsp3) is 1.00. The van der Waals surface area contributed by atoms with Gasteiger partial charge in [0, 0.05) is 0 Å². The Kier molecular flexibility index (Phi) is 3.03. The molecule has 3 atom stereocenters. The highest BCUT2D eigenvalue weighted by atomic mass is 14.5. The van der Waals surface area contributed by atoms with Crippen LogP contribution in [-0.2, 0) is 0 Å². The van der Waals surface area contributed by atoms with Crippen molar-refractivity contribution < 1.29 is 0 Å². The van der Waals surface area contributed by atoms with Gasteiger partial charge in [0.25, 0.3) is 0 Å². The predicted molar refractivity (Wildman–Crippen MR) is 64.7 cm³/mol. The molecule has 0 nitrogen and oxygen atoms in total. The Labute approximate surface area is 94.8 Å². The SMILES string of the molecule is C1CCC(C2CCC3CCCCC32)CC1. The van der Waals surface area contributed by atoms with Crippen molar-refractivity contribution in [3.8, 4) is 0 Å². The second-order valence-electron chi connectivity index (χ2n) is 6.35. The molecule has 3 unspecified atom stereocenters. The molecular weight excluding hydrogens is 180 g/mol. The molecule has 15 heavy (non-hydrogen) atoms. The average molecular weight is 206 g/mol. The van der Waals surface area contributed by atoms with Gasteiger partial charge in [0.2, 0.25) is 0 Å². The monoisotopic (exact) mass is 206 g/mol. The summed E-state index contributed by atoms with van der Waals surface area (Å²) in [5, 5.41) is 0. The van der Waals surface area contributed by atoms with E-state index >= 15 is 0 Å². The van der Waals surface area contributed by atoms with Crippen LogP contribution in [0.2, 0.25) is 0 Å². The predicted octanol–water partition coefficient (Wildman–Crippen LogP) is 4.78. The Hall–Kier alpha value is 0. The summed E-state index contributed by atoms with van der Waals surface area (Å²) in [5.74, 6) is 4.63. The van der Waals surface area contributed by atoms with E-state index in [1.807, 2.05) is 0 Å². The van der Waals surface area contributed by atoms with Crippen molar-refractivity contribution in [1.29, 1.82) is 0 Å². The minimum absolute atomic E-state index is 1.15. The maximum Gasteiger partial charge on any atom is -0.0355 e. The minimum Gasteiger partial charge on any atom is -0.0533 e. The van der Waals surface area contributed by atoms with Gasteiger partial charge >= 0.3 is 0 Å². The van der Waals surface area contributed by atoms with Crippen LogP contribution in [0, 0.1) is 23.7 Å². The van der Waals surface area contributed by atoms with Crippen molar-refractivity contribution in [2.75, 3.05) is 0 Å². The lowest BCUT2D eigenvalue weighted by Gasteiger charge is -2.35. The van der Waals surface area contributed by atoms with E-state index in [-0.39, 0.29) is 0 Å². The molecule has 0 heterocycles. The van der Waals surface area contributed by atoms with E-state index in [0.29, 0.717) is 0 Å². The van der Waals surface area contributed by atoms with E-state index in [1.165, 1.54) is 12.3 Å². The van der Waals surface area contributed by atoms with Crippen LogP contribution in [0.25, 0.3) is 0 Å². The number of fused-ring (bicyclic) bond motifs is 1. The topological polar surface area (TPSA) is 0 Å². The highest BCUT2D eigenvalue weighted by Crippen LogP contribution is 2.51. The fourth-order valence-corrected chi connectivity index (χ4v) is 4.93. The third kappa shape index (κ3) is 1.97. The Morgan fingerprint density at radius 2 is 0.933 bits per heavy atom. The molecule has 3 rings (SSSR count). The van der Waals surface area contributed by atoms with Crippen LogP contribution in [-0.4, -0.2) is 0 Å². The van der Waals surface area contributed by atoms with Crippen LogP contribution in [0.4, 0.5) is 0 Å². The van der Waals surface area contributed by atoms with Crippen molar-refractivity contribution in [3.05, 3.63) is 0 Å². The van der Waals surface area contributed by atoms with E-state index in [1.54, 1.807) is 64.2 Å². The number of hydrogen-bond donors (Lipinski definition) is 0. The summed E-state index contributed by atoms with van der Waals surface area (Å²) in [4.78, 5) is 0. The van der Waals surface area contributed by atoms with Crippen LogP contribution in [0.1, 0.15) is 70.6 Å². The summed E-state index contributed by atoms with van der Waals surface area (Å²) in [6.45, 7) is 0. The molecule has 3 aliphatic carbocycles. The van der Waals surface area contributed by atoms with E-state index in [9.17, 15) is 0 Å². The Bertz CT molecular complexity index is 202. The van der Waals surface area contributed by atoms with Gasteiger partial charge in [-0.05, 0) is 42.9 Å². The van der Waals surface area contributed by atoms with Crippen LogP contribution >= 0.6 is 0 Å². The Morgan fingerprint density at radius 1 is 0.400 bits per heavy atom. The average Bonchev–Trinajstić information content (AvgIpc) is 2.74. The first-order valence-corrected chi connectivity index (χ1v) is 7.45. The lowest BCUT2D eigenvalue weighted by molar-refractivity contribution is 0.150. The van der Waals surface area contributed by atoms with E-state index < -0.39 is 0 Å². The maximum absolute atomic E-state index is 1.60. The molecule has 86 valence electrons. The highest BCUT2D eigenvalue weighted by molar-refractivity contribution is 4.91. The molecule has 3 saturated carbocycles. The maximum atomic E-state index is 1.60. The van der Waals surface area contributed by atoms with Crippen LogP contribution in [0.5, 0.6) is 0 Å². The Balaban J connectivity index is 1.65. The molecule has 0 amide bonds. The third-order valence-corrected chi connectivity index (χ3v) is 5.64. The number of rotatable bonds is 1.